The van der Waals surface area contributed by atoms with Crippen LogP contribution in [0.15, 0.2) is 0 Å². The molecular formula is C12H27N5O11. The predicted octanol–water partition coefficient (Wildman–Crippen LogP) is -5.65. The van der Waals surface area contributed by atoms with E-state index in [9.17, 15) is 24.0 Å². The first kappa shape index (κ1) is 32.8. The molecule has 15 N–H and O–H groups in total. The molecule has 0 bridgehead atoms. The summed E-state index contributed by atoms with van der Waals surface area (Å²) >= 11 is 0. The maximum absolute atomic E-state index is 10.3. The lowest BCUT2D eigenvalue weighted by Gasteiger charge is -2.05. The van der Waals surface area contributed by atoms with Crippen LogP contribution in [0.5, 0.6) is 0 Å². The molecule has 0 spiro atoms. The van der Waals surface area contributed by atoms with Crippen molar-refractivity contribution in [2.75, 3.05) is 32.8 Å². The van der Waals surface area contributed by atoms with Crippen molar-refractivity contribution < 1.29 is 54.2 Å². The minimum absolute atomic E-state index is 0.271. The molecule has 0 aliphatic rings. The van der Waals surface area contributed by atoms with Crippen LogP contribution in [-0.4, -0.2) is 100 Å². The molecule has 0 aromatic carbocycles. The number of carbonyl (C=O) groups is 5. The lowest BCUT2D eigenvalue weighted by molar-refractivity contribution is -0.147. The number of aliphatic carboxylic acids is 4. The zero-order chi connectivity index (χ0) is 23.3. The third kappa shape index (κ3) is 34.4. The van der Waals surface area contributed by atoms with E-state index in [4.69, 9.17) is 42.7 Å². The Bertz CT molecular complexity index is 461. The van der Waals surface area contributed by atoms with Crippen LogP contribution >= 0.6 is 0 Å². The highest BCUT2D eigenvalue weighted by molar-refractivity contribution is 5.75. The molecule has 16 nitrogen and oxygen atoms in total. The van der Waals surface area contributed by atoms with E-state index in [1.54, 1.807) is 0 Å². The average Bonchev–Trinajstić information content (AvgIpc) is 2.65. The summed E-state index contributed by atoms with van der Waals surface area (Å²) in [6, 6.07) is -2.30. The van der Waals surface area contributed by atoms with Gasteiger partial charge in [-0.15, -0.1) is 0 Å². The van der Waals surface area contributed by atoms with E-state index in [1.807, 2.05) is 0 Å². The molecule has 28 heavy (non-hydrogen) atoms. The van der Waals surface area contributed by atoms with Gasteiger partial charge in [-0.3, -0.25) is 24.0 Å². The summed E-state index contributed by atoms with van der Waals surface area (Å²) in [4.78, 5) is 48.5. The maximum atomic E-state index is 10.3. The molecule has 0 unspecified atom stereocenters. The van der Waals surface area contributed by atoms with Gasteiger partial charge in [0.05, 0.1) is 26.2 Å². The summed E-state index contributed by atoms with van der Waals surface area (Å²) in [7, 11) is 0. The smallest absolute Gasteiger partial charge is 0.324 e. The van der Waals surface area contributed by atoms with E-state index in [1.165, 1.54) is 0 Å². The van der Waals surface area contributed by atoms with E-state index in [-0.39, 0.29) is 26.2 Å². The van der Waals surface area contributed by atoms with Gasteiger partial charge in [0.2, 0.25) is 0 Å². The first-order valence-electron chi connectivity index (χ1n) is 7.07. The van der Waals surface area contributed by atoms with Gasteiger partial charge in [0.15, 0.2) is 0 Å². The van der Waals surface area contributed by atoms with Gasteiger partial charge in [-0.05, 0) is 0 Å². The number of hydrogen-bond acceptors (Lipinski definition) is 12. The molecule has 0 heterocycles. The highest BCUT2D eigenvalue weighted by atomic mass is 16.5. The molecule has 0 aromatic heterocycles. The fourth-order valence-corrected chi connectivity index (χ4v) is 0.391. The molecule has 166 valence electrons. The van der Waals surface area contributed by atoms with Crippen molar-refractivity contribution in [3.63, 3.8) is 0 Å². The van der Waals surface area contributed by atoms with Crippen LogP contribution < -0.4 is 28.7 Å². The zero-order valence-corrected chi connectivity index (χ0v) is 14.8. The summed E-state index contributed by atoms with van der Waals surface area (Å²) in [6.45, 7) is -1.67. The van der Waals surface area contributed by atoms with Crippen LogP contribution in [-0.2, 0) is 28.7 Å². The molecular weight excluding hydrogens is 390 g/mol. The van der Waals surface area contributed by atoms with Crippen molar-refractivity contribution in [3.8, 4) is 0 Å². The SMILES string of the molecule is NCC(=O)O.NCC(=O)O.NCC(=O)OC[C@H](N)C(=O)O.N[C@@H](CO)C(=O)O. The molecule has 0 radical (unpaired) electrons. The fraction of sp³-hybridized carbons (Fsp3) is 0.583. The Morgan fingerprint density at radius 1 is 0.714 bits per heavy atom. The van der Waals surface area contributed by atoms with E-state index in [0.29, 0.717) is 0 Å². The van der Waals surface area contributed by atoms with Crippen LogP contribution in [0.4, 0.5) is 0 Å². The highest BCUT2D eigenvalue weighted by Crippen LogP contribution is 1.82. The fourth-order valence-electron chi connectivity index (χ4n) is 0.391. The molecule has 0 aliphatic carbocycles. The Morgan fingerprint density at radius 2 is 1.04 bits per heavy atom. The monoisotopic (exact) mass is 417 g/mol. The van der Waals surface area contributed by atoms with Gasteiger partial charge in [-0.1, -0.05) is 0 Å². The van der Waals surface area contributed by atoms with Gasteiger partial charge in [0.1, 0.15) is 18.7 Å². The van der Waals surface area contributed by atoms with Crippen molar-refractivity contribution in [2.24, 2.45) is 28.7 Å². The Balaban J connectivity index is -0.000000147. The number of hydrogen-bond donors (Lipinski definition) is 10. The summed E-state index contributed by atoms with van der Waals surface area (Å²) in [5.74, 6) is -4.99. The number of ether oxygens (including phenoxy) is 1. The number of rotatable bonds is 8. The number of carboxylic acids is 4. The first-order valence-corrected chi connectivity index (χ1v) is 7.07. The minimum Gasteiger partial charge on any atom is -0.480 e. The quantitative estimate of drug-likeness (QED) is 0.164. The summed E-state index contributed by atoms with van der Waals surface area (Å²) in [5.41, 5.74) is 23.8. The number of esters is 1. The Kier molecular flexibility index (Phi) is 25.9. The molecule has 0 aromatic rings. The van der Waals surface area contributed by atoms with Gasteiger partial charge in [-0.2, -0.15) is 0 Å². The van der Waals surface area contributed by atoms with Crippen LogP contribution in [0.1, 0.15) is 0 Å². The second-order valence-corrected chi connectivity index (χ2v) is 4.15. The molecule has 2 atom stereocenters. The van der Waals surface area contributed by atoms with E-state index >= 15 is 0 Å². The van der Waals surface area contributed by atoms with E-state index in [2.05, 4.69) is 16.2 Å². The van der Waals surface area contributed by atoms with Crippen LogP contribution in [0.2, 0.25) is 0 Å². The second-order valence-electron chi connectivity index (χ2n) is 4.15. The largest absolute Gasteiger partial charge is 0.480 e. The Labute approximate surface area is 158 Å². The van der Waals surface area contributed by atoms with Crippen molar-refractivity contribution >= 4 is 29.8 Å². The van der Waals surface area contributed by atoms with Crippen molar-refractivity contribution in [1.82, 2.24) is 0 Å². The second kappa shape index (κ2) is 22.2. The zero-order valence-electron chi connectivity index (χ0n) is 14.8. The topological polar surface area (TPSA) is 326 Å². The summed E-state index contributed by atoms with van der Waals surface area (Å²) in [6.07, 6.45) is 0. The number of carboxylic acid groups (broad SMARTS) is 4. The van der Waals surface area contributed by atoms with Crippen molar-refractivity contribution in [2.45, 2.75) is 12.1 Å². The molecule has 16 heteroatoms. The first-order chi connectivity index (χ1) is 12.8. The Hall–Kier alpha value is -2.89. The molecule has 0 saturated heterocycles. The van der Waals surface area contributed by atoms with E-state index in [0.717, 1.165) is 0 Å². The minimum atomic E-state index is -1.21. The number of aliphatic hydroxyl groups excluding tert-OH is 1. The predicted molar refractivity (Wildman–Crippen MR) is 91.7 cm³/mol. The number of carbonyl (C=O) groups excluding carboxylic acids is 1. The molecule has 0 saturated carbocycles. The van der Waals surface area contributed by atoms with Gasteiger partial charge in [-0.25, -0.2) is 0 Å². The average molecular weight is 417 g/mol. The normalized spacial score (nSPS) is 10.8. The van der Waals surface area contributed by atoms with Gasteiger partial charge >= 0.3 is 29.8 Å². The molecule has 0 aliphatic heterocycles. The standard InChI is InChI=1S/C5H10N2O4.C3H7NO3.2C2H5NO2/c6-1-4(8)11-2-3(7)5(9)10;4-2(1-5)3(6)7;2*3-1-2(4)5/h3H,1-2,6-7H2,(H,9,10);2,5H,1,4H2,(H,6,7);2*1,3H2,(H,4,5)/t3-;2-;;/m00../s1. The lowest BCUT2D eigenvalue weighted by Crippen LogP contribution is -2.36. The summed E-state index contributed by atoms with van der Waals surface area (Å²) < 4.78 is 4.34. The molecule has 0 rings (SSSR count). The Morgan fingerprint density at radius 3 is 1.18 bits per heavy atom. The highest BCUT2D eigenvalue weighted by Gasteiger charge is 2.13. The lowest BCUT2D eigenvalue weighted by atomic mass is 10.3. The van der Waals surface area contributed by atoms with Crippen LogP contribution in [0.3, 0.4) is 0 Å². The summed E-state index contributed by atoms with van der Waals surface area (Å²) in [5, 5.41) is 39.3. The van der Waals surface area contributed by atoms with Crippen molar-refractivity contribution in [1.29, 1.82) is 0 Å². The van der Waals surface area contributed by atoms with Gasteiger partial charge < -0.3 is 58.9 Å². The van der Waals surface area contributed by atoms with E-state index < -0.39 is 48.5 Å². The third-order valence-electron chi connectivity index (χ3n) is 1.77. The number of nitrogens with two attached hydrogens (primary N) is 5. The third-order valence-corrected chi connectivity index (χ3v) is 1.77. The molecule has 0 fully saturated rings. The number of aliphatic hydroxyl groups is 1. The maximum Gasteiger partial charge on any atom is 0.324 e. The van der Waals surface area contributed by atoms with Gasteiger partial charge in [0.25, 0.3) is 0 Å². The van der Waals surface area contributed by atoms with Crippen LogP contribution in [0, 0.1) is 0 Å². The van der Waals surface area contributed by atoms with Crippen LogP contribution in [0.25, 0.3) is 0 Å². The van der Waals surface area contributed by atoms with Gasteiger partial charge in [0, 0.05) is 0 Å². The molecule has 0 amide bonds. The van der Waals surface area contributed by atoms with Crippen molar-refractivity contribution in [3.05, 3.63) is 0 Å².